The molecule has 2 rings (SSSR count). The van der Waals surface area contributed by atoms with Gasteiger partial charge in [-0.25, -0.2) is 0 Å². The monoisotopic (exact) mass is 248 g/mol. The normalized spacial score (nSPS) is 30.2. The van der Waals surface area contributed by atoms with Crippen molar-refractivity contribution in [2.45, 2.75) is 45.7 Å². The third kappa shape index (κ3) is 3.55. The maximum atomic E-state index is 2.43. The summed E-state index contributed by atoms with van der Waals surface area (Å²) in [5.74, 6) is 2.74. The van der Waals surface area contributed by atoms with Crippen molar-refractivity contribution in [1.29, 1.82) is 0 Å². The molecule has 1 aliphatic carbocycles. The molecule has 1 aliphatic rings. The first-order valence-corrected chi connectivity index (χ1v) is 8.06. The highest BCUT2D eigenvalue weighted by atomic mass is 31.1. The summed E-state index contributed by atoms with van der Waals surface area (Å²) in [6.07, 6.45) is 4.33. The van der Waals surface area contributed by atoms with Gasteiger partial charge in [0.2, 0.25) is 0 Å². The lowest BCUT2D eigenvalue weighted by Gasteiger charge is -2.37. The van der Waals surface area contributed by atoms with Crippen LogP contribution in [-0.2, 0) is 0 Å². The van der Waals surface area contributed by atoms with Crippen molar-refractivity contribution in [2.24, 2.45) is 17.8 Å². The van der Waals surface area contributed by atoms with E-state index in [2.05, 4.69) is 51.1 Å². The van der Waals surface area contributed by atoms with Crippen LogP contribution in [0.2, 0.25) is 0 Å². The van der Waals surface area contributed by atoms with Crippen LogP contribution in [0, 0.1) is 17.8 Å². The SMILES string of the molecule is CC1CCC(C(C)C)C(Pc2ccccc2)C1. The van der Waals surface area contributed by atoms with E-state index in [9.17, 15) is 0 Å². The second kappa shape index (κ2) is 6.01. The van der Waals surface area contributed by atoms with Crippen LogP contribution >= 0.6 is 8.58 Å². The van der Waals surface area contributed by atoms with Crippen LogP contribution in [0.25, 0.3) is 0 Å². The van der Waals surface area contributed by atoms with Gasteiger partial charge in [-0.1, -0.05) is 66.1 Å². The van der Waals surface area contributed by atoms with Crippen molar-refractivity contribution in [3.05, 3.63) is 30.3 Å². The van der Waals surface area contributed by atoms with E-state index >= 15 is 0 Å². The zero-order chi connectivity index (χ0) is 12.3. The number of rotatable bonds is 3. The molecule has 94 valence electrons. The summed E-state index contributed by atoms with van der Waals surface area (Å²) in [6, 6.07) is 11.1. The molecule has 0 aliphatic heterocycles. The summed E-state index contributed by atoms with van der Waals surface area (Å²) in [6.45, 7) is 7.24. The fraction of sp³-hybridized carbons (Fsp3) is 0.625. The third-order valence-electron chi connectivity index (χ3n) is 4.15. The highest BCUT2D eigenvalue weighted by molar-refractivity contribution is 7.48. The van der Waals surface area contributed by atoms with Crippen LogP contribution in [0.1, 0.15) is 40.0 Å². The van der Waals surface area contributed by atoms with E-state index < -0.39 is 0 Å². The van der Waals surface area contributed by atoms with Gasteiger partial charge in [0.15, 0.2) is 0 Å². The first-order valence-electron chi connectivity index (χ1n) is 6.98. The van der Waals surface area contributed by atoms with E-state index in [1.165, 1.54) is 19.3 Å². The van der Waals surface area contributed by atoms with Crippen molar-refractivity contribution in [3.63, 3.8) is 0 Å². The summed E-state index contributed by atoms with van der Waals surface area (Å²) in [5.41, 5.74) is 0.932. The van der Waals surface area contributed by atoms with Crippen LogP contribution in [0.4, 0.5) is 0 Å². The Hall–Kier alpha value is -0.350. The Labute approximate surface area is 108 Å². The zero-order valence-corrected chi connectivity index (χ0v) is 12.3. The van der Waals surface area contributed by atoms with Gasteiger partial charge >= 0.3 is 0 Å². The van der Waals surface area contributed by atoms with E-state index in [4.69, 9.17) is 0 Å². The lowest BCUT2D eigenvalue weighted by Crippen LogP contribution is -2.30. The quantitative estimate of drug-likeness (QED) is 0.693. The first-order chi connectivity index (χ1) is 8.16. The molecule has 1 aromatic carbocycles. The summed E-state index contributed by atoms with van der Waals surface area (Å²) < 4.78 is 0. The van der Waals surface area contributed by atoms with E-state index in [-0.39, 0.29) is 0 Å². The molecule has 0 saturated heterocycles. The standard InChI is InChI=1S/C16H25P/c1-12(2)15-10-9-13(3)11-16(15)17-14-7-5-4-6-8-14/h4-8,12-13,15-17H,9-11H2,1-3H3. The average molecular weight is 248 g/mol. The van der Waals surface area contributed by atoms with Gasteiger partial charge < -0.3 is 0 Å². The largest absolute Gasteiger partial charge is 0.0869 e. The van der Waals surface area contributed by atoms with Gasteiger partial charge in [0, 0.05) is 0 Å². The Morgan fingerprint density at radius 1 is 1.12 bits per heavy atom. The Bertz CT molecular complexity index is 331. The Morgan fingerprint density at radius 3 is 2.47 bits per heavy atom. The third-order valence-corrected chi connectivity index (χ3v) is 5.85. The molecule has 4 unspecified atom stereocenters. The molecular formula is C16H25P. The molecule has 0 amide bonds. The molecule has 0 spiro atoms. The van der Waals surface area contributed by atoms with Gasteiger partial charge in [0.25, 0.3) is 0 Å². The topological polar surface area (TPSA) is 0 Å². The van der Waals surface area contributed by atoms with Crippen molar-refractivity contribution < 1.29 is 0 Å². The Balaban J connectivity index is 2.05. The lowest BCUT2D eigenvalue weighted by molar-refractivity contribution is 0.243. The lowest BCUT2D eigenvalue weighted by atomic mass is 9.77. The molecule has 17 heavy (non-hydrogen) atoms. The second-order valence-electron chi connectivity index (χ2n) is 5.94. The minimum absolute atomic E-state index is 0.851. The van der Waals surface area contributed by atoms with E-state index in [0.717, 1.165) is 32.0 Å². The molecule has 0 radical (unpaired) electrons. The van der Waals surface area contributed by atoms with E-state index in [1.807, 2.05) is 0 Å². The van der Waals surface area contributed by atoms with Crippen LogP contribution in [0.3, 0.4) is 0 Å². The Kier molecular flexibility index (Phi) is 4.62. The molecule has 1 saturated carbocycles. The second-order valence-corrected chi connectivity index (χ2v) is 7.55. The predicted octanol–water partition coefficient (Wildman–Crippen LogP) is 4.45. The number of benzene rings is 1. The smallest absolute Gasteiger partial charge is 0.0163 e. The molecule has 0 heterocycles. The van der Waals surface area contributed by atoms with Crippen molar-refractivity contribution in [2.75, 3.05) is 0 Å². The molecule has 1 fully saturated rings. The van der Waals surface area contributed by atoms with Crippen molar-refractivity contribution >= 4 is 13.9 Å². The summed E-state index contributed by atoms with van der Waals surface area (Å²) in [5, 5.41) is 1.55. The minimum Gasteiger partial charge on any atom is -0.0869 e. The van der Waals surface area contributed by atoms with Gasteiger partial charge in [-0.3, -0.25) is 0 Å². The van der Waals surface area contributed by atoms with Crippen LogP contribution < -0.4 is 5.30 Å². The number of hydrogen-bond donors (Lipinski definition) is 0. The van der Waals surface area contributed by atoms with Crippen molar-refractivity contribution in [3.8, 4) is 0 Å². The fourth-order valence-electron chi connectivity index (χ4n) is 3.12. The van der Waals surface area contributed by atoms with Gasteiger partial charge in [-0.15, -0.1) is 0 Å². The average Bonchev–Trinajstić information content (AvgIpc) is 2.30. The molecule has 4 atom stereocenters. The van der Waals surface area contributed by atoms with E-state index in [1.54, 1.807) is 5.30 Å². The maximum absolute atomic E-state index is 2.43. The fourth-order valence-corrected chi connectivity index (χ4v) is 5.22. The van der Waals surface area contributed by atoms with E-state index in [0.29, 0.717) is 0 Å². The Morgan fingerprint density at radius 2 is 1.82 bits per heavy atom. The molecule has 0 aromatic heterocycles. The van der Waals surface area contributed by atoms with Gasteiger partial charge in [0.1, 0.15) is 0 Å². The highest BCUT2D eigenvalue weighted by Gasteiger charge is 2.30. The zero-order valence-electron chi connectivity index (χ0n) is 11.3. The van der Waals surface area contributed by atoms with Crippen LogP contribution in [0.5, 0.6) is 0 Å². The minimum atomic E-state index is 0.851. The molecule has 1 aromatic rings. The van der Waals surface area contributed by atoms with Crippen LogP contribution in [0.15, 0.2) is 30.3 Å². The molecule has 0 N–H and O–H groups in total. The predicted molar refractivity (Wildman–Crippen MR) is 79.5 cm³/mol. The summed E-state index contributed by atoms with van der Waals surface area (Å²) >= 11 is 0. The maximum Gasteiger partial charge on any atom is -0.0163 e. The van der Waals surface area contributed by atoms with Gasteiger partial charge in [0.05, 0.1) is 0 Å². The molecule has 1 heteroatoms. The molecule has 0 bridgehead atoms. The summed E-state index contributed by atoms with van der Waals surface area (Å²) in [4.78, 5) is 0. The van der Waals surface area contributed by atoms with Gasteiger partial charge in [-0.05, 0) is 41.6 Å². The molecule has 0 nitrogen and oxygen atoms in total. The summed E-state index contributed by atoms with van der Waals surface area (Å²) in [7, 11) is 1.01. The van der Waals surface area contributed by atoms with Crippen molar-refractivity contribution in [1.82, 2.24) is 0 Å². The van der Waals surface area contributed by atoms with Gasteiger partial charge in [-0.2, -0.15) is 0 Å². The van der Waals surface area contributed by atoms with Crippen LogP contribution in [-0.4, -0.2) is 5.66 Å². The molecular weight excluding hydrogens is 223 g/mol. The number of hydrogen-bond acceptors (Lipinski definition) is 0. The highest BCUT2D eigenvalue weighted by Crippen LogP contribution is 2.42. The first kappa shape index (κ1) is 13.1.